The number of allylic oxidation sites excluding steroid dienone is 1. The van der Waals surface area contributed by atoms with E-state index in [-0.39, 0.29) is 30.6 Å². The molecular formula is C25H28FNO6. The Kier molecular flexibility index (Phi) is 8.97. The monoisotopic (exact) mass is 457 g/mol. The highest BCUT2D eigenvalue weighted by Crippen LogP contribution is 2.32. The molecule has 0 spiro atoms. The quantitative estimate of drug-likeness (QED) is 0.419. The number of aliphatic hydroxyl groups excluding tert-OH is 1. The summed E-state index contributed by atoms with van der Waals surface area (Å²) in [5, 5.41) is 11.7. The van der Waals surface area contributed by atoms with Crippen molar-refractivity contribution in [2.75, 3.05) is 20.3 Å². The van der Waals surface area contributed by atoms with Gasteiger partial charge in [0, 0.05) is 25.5 Å². The summed E-state index contributed by atoms with van der Waals surface area (Å²) in [5.74, 6) is -1.20. The zero-order chi connectivity index (χ0) is 23.6. The van der Waals surface area contributed by atoms with E-state index in [9.17, 15) is 14.0 Å². The lowest BCUT2D eigenvalue weighted by Crippen LogP contribution is -2.32. The molecule has 0 aliphatic carbocycles. The van der Waals surface area contributed by atoms with E-state index in [0.29, 0.717) is 31.4 Å². The smallest absolute Gasteiger partial charge is 0.337 e. The maximum atomic E-state index is 13.1. The summed E-state index contributed by atoms with van der Waals surface area (Å²) in [7, 11) is 1.33. The van der Waals surface area contributed by atoms with E-state index in [0.717, 1.165) is 11.1 Å². The van der Waals surface area contributed by atoms with E-state index in [1.54, 1.807) is 30.3 Å². The van der Waals surface area contributed by atoms with Gasteiger partial charge in [0.2, 0.25) is 6.29 Å². The van der Waals surface area contributed by atoms with E-state index in [2.05, 4.69) is 5.32 Å². The number of rotatable bonds is 10. The molecule has 1 aliphatic heterocycles. The molecule has 1 aliphatic rings. The molecule has 3 rings (SSSR count). The molecule has 1 amide bonds. The van der Waals surface area contributed by atoms with Gasteiger partial charge in [0.05, 0.1) is 19.3 Å². The number of aliphatic hydroxyl groups is 1. The lowest BCUT2D eigenvalue weighted by Gasteiger charge is -2.29. The summed E-state index contributed by atoms with van der Waals surface area (Å²) in [5.41, 5.74) is 2.10. The number of carbonyl (C=O) groups excluding carboxylic acids is 2. The van der Waals surface area contributed by atoms with Crippen molar-refractivity contribution in [3.63, 3.8) is 0 Å². The number of ether oxygens (including phenoxy) is 3. The second kappa shape index (κ2) is 12.1. The predicted molar refractivity (Wildman–Crippen MR) is 119 cm³/mol. The van der Waals surface area contributed by atoms with E-state index in [1.807, 2.05) is 12.1 Å². The van der Waals surface area contributed by atoms with Gasteiger partial charge in [0.25, 0.3) is 5.91 Å². The summed E-state index contributed by atoms with van der Waals surface area (Å²) >= 11 is 0. The second-order valence-corrected chi connectivity index (χ2v) is 7.64. The minimum Gasteiger partial charge on any atom is -0.465 e. The van der Waals surface area contributed by atoms with E-state index in [1.165, 1.54) is 19.2 Å². The van der Waals surface area contributed by atoms with Gasteiger partial charge in [-0.05, 0) is 54.3 Å². The van der Waals surface area contributed by atoms with Crippen LogP contribution in [0.15, 0.2) is 60.4 Å². The SMILES string of the molecule is COC(=O)c1ccc(C2C=C(C(=O)NCc3ccc(F)cc3)OC(OCCCCO)C2)cc1. The first-order valence-corrected chi connectivity index (χ1v) is 10.8. The van der Waals surface area contributed by atoms with Crippen LogP contribution in [0.2, 0.25) is 0 Å². The first kappa shape index (κ1) is 24.4. The summed E-state index contributed by atoms with van der Waals surface area (Å²) in [6.07, 6.45) is 2.88. The van der Waals surface area contributed by atoms with Crippen molar-refractivity contribution in [2.45, 2.75) is 38.0 Å². The number of halogens is 1. The zero-order valence-corrected chi connectivity index (χ0v) is 18.5. The molecule has 0 saturated carbocycles. The van der Waals surface area contributed by atoms with Gasteiger partial charge in [-0.2, -0.15) is 0 Å². The van der Waals surface area contributed by atoms with Crippen molar-refractivity contribution in [1.82, 2.24) is 5.32 Å². The van der Waals surface area contributed by atoms with E-state index in [4.69, 9.17) is 19.3 Å². The Bertz CT molecular complexity index is 958. The number of benzene rings is 2. The van der Waals surface area contributed by atoms with Crippen LogP contribution in [0.4, 0.5) is 4.39 Å². The highest BCUT2D eigenvalue weighted by Gasteiger charge is 2.28. The topological polar surface area (TPSA) is 94.1 Å². The number of carbonyl (C=O) groups is 2. The van der Waals surface area contributed by atoms with E-state index >= 15 is 0 Å². The first-order chi connectivity index (χ1) is 16.0. The molecule has 176 valence electrons. The lowest BCUT2D eigenvalue weighted by molar-refractivity contribution is -0.146. The third kappa shape index (κ3) is 7.13. The molecule has 2 aromatic carbocycles. The van der Waals surface area contributed by atoms with Crippen molar-refractivity contribution < 1.29 is 33.3 Å². The largest absolute Gasteiger partial charge is 0.465 e. The molecule has 0 aromatic heterocycles. The van der Waals surface area contributed by atoms with Crippen LogP contribution in [0.5, 0.6) is 0 Å². The molecule has 0 saturated heterocycles. The van der Waals surface area contributed by atoms with Gasteiger partial charge >= 0.3 is 5.97 Å². The van der Waals surface area contributed by atoms with Gasteiger partial charge < -0.3 is 24.6 Å². The lowest BCUT2D eigenvalue weighted by atomic mass is 9.92. The standard InChI is InChI=1S/C25H28FNO6/c1-31-25(30)19-8-6-18(7-9-19)20-14-22(33-23(15-20)32-13-3-2-12-28)24(29)27-16-17-4-10-21(26)11-5-17/h4-11,14,20,23,28H,2-3,12-13,15-16H2,1H3,(H,27,29). The highest BCUT2D eigenvalue weighted by atomic mass is 19.1. The Balaban J connectivity index is 1.72. The Labute approximate surface area is 192 Å². The summed E-state index contributed by atoms with van der Waals surface area (Å²) in [6, 6.07) is 12.9. The Morgan fingerprint density at radius 2 is 1.85 bits per heavy atom. The number of amides is 1. The van der Waals surface area contributed by atoms with Crippen LogP contribution < -0.4 is 5.32 Å². The fourth-order valence-electron chi connectivity index (χ4n) is 3.44. The molecule has 2 unspecified atom stereocenters. The van der Waals surface area contributed by atoms with Crippen LogP contribution in [-0.2, 0) is 25.5 Å². The second-order valence-electron chi connectivity index (χ2n) is 7.64. The molecule has 0 radical (unpaired) electrons. The molecule has 2 N–H and O–H groups in total. The van der Waals surface area contributed by atoms with Gasteiger partial charge in [0.1, 0.15) is 5.82 Å². The van der Waals surface area contributed by atoms with Crippen molar-refractivity contribution in [3.8, 4) is 0 Å². The molecule has 2 aromatic rings. The van der Waals surface area contributed by atoms with Crippen molar-refractivity contribution in [1.29, 1.82) is 0 Å². The molecule has 1 heterocycles. The summed E-state index contributed by atoms with van der Waals surface area (Å²) in [6.45, 7) is 0.699. The molecule has 33 heavy (non-hydrogen) atoms. The van der Waals surface area contributed by atoms with Crippen LogP contribution in [0.3, 0.4) is 0 Å². The molecule has 0 bridgehead atoms. The number of hydrogen-bond acceptors (Lipinski definition) is 6. The van der Waals surface area contributed by atoms with Crippen molar-refractivity contribution in [2.24, 2.45) is 0 Å². The Hall–Kier alpha value is -3.23. The fraction of sp³-hybridized carbons (Fsp3) is 0.360. The van der Waals surface area contributed by atoms with Crippen LogP contribution in [0.1, 0.15) is 46.7 Å². The Morgan fingerprint density at radius 3 is 2.52 bits per heavy atom. The summed E-state index contributed by atoms with van der Waals surface area (Å²) < 4.78 is 29.4. The van der Waals surface area contributed by atoms with Gasteiger partial charge in [-0.15, -0.1) is 0 Å². The zero-order valence-electron chi connectivity index (χ0n) is 18.5. The average molecular weight is 457 g/mol. The molecule has 7 nitrogen and oxygen atoms in total. The fourth-order valence-corrected chi connectivity index (χ4v) is 3.44. The van der Waals surface area contributed by atoms with Crippen LogP contribution in [0.25, 0.3) is 0 Å². The highest BCUT2D eigenvalue weighted by molar-refractivity contribution is 5.91. The molecule has 8 heteroatoms. The van der Waals surface area contributed by atoms with Crippen LogP contribution in [-0.4, -0.2) is 43.6 Å². The minimum absolute atomic E-state index is 0.0843. The minimum atomic E-state index is -0.634. The molecular weight excluding hydrogens is 429 g/mol. The van der Waals surface area contributed by atoms with Gasteiger partial charge in [0.15, 0.2) is 5.76 Å². The maximum Gasteiger partial charge on any atom is 0.337 e. The first-order valence-electron chi connectivity index (χ1n) is 10.8. The normalized spacial score (nSPS) is 17.6. The third-order valence-corrected chi connectivity index (χ3v) is 5.26. The van der Waals surface area contributed by atoms with Crippen molar-refractivity contribution >= 4 is 11.9 Å². The van der Waals surface area contributed by atoms with Gasteiger partial charge in [-0.25, -0.2) is 9.18 Å². The van der Waals surface area contributed by atoms with Crippen LogP contribution in [0, 0.1) is 5.82 Å². The summed E-state index contributed by atoms with van der Waals surface area (Å²) in [4.78, 5) is 24.5. The third-order valence-electron chi connectivity index (χ3n) is 5.26. The molecule has 0 fully saturated rings. The maximum absolute atomic E-state index is 13.1. The number of hydrogen-bond donors (Lipinski definition) is 2. The van der Waals surface area contributed by atoms with E-state index < -0.39 is 18.2 Å². The van der Waals surface area contributed by atoms with Gasteiger partial charge in [-0.1, -0.05) is 24.3 Å². The predicted octanol–water partition coefficient (Wildman–Crippen LogP) is 3.43. The number of esters is 1. The number of methoxy groups -OCH3 is 1. The Morgan fingerprint density at radius 1 is 1.12 bits per heavy atom. The van der Waals surface area contributed by atoms with Crippen LogP contribution >= 0.6 is 0 Å². The number of unbranched alkanes of at least 4 members (excludes halogenated alkanes) is 1. The number of nitrogens with one attached hydrogen (secondary N) is 1. The average Bonchev–Trinajstić information content (AvgIpc) is 2.85. The van der Waals surface area contributed by atoms with Crippen molar-refractivity contribution in [3.05, 3.63) is 82.9 Å². The van der Waals surface area contributed by atoms with Gasteiger partial charge in [-0.3, -0.25) is 4.79 Å². The molecule has 2 atom stereocenters.